The number of pyridine rings is 1. The molecule has 3 heteroatoms. The molecule has 3 aromatic rings. The van der Waals surface area contributed by atoms with Crippen LogP contribution in [0.5, 0.6) is 0 Å². The molecule has 0 amide bonds. The quantitative estimate of drug-likeness (QED) is 0.432. The Kier molecular flexibility index (Phi) is 2.93. The van der Waals surface area contributed by atoms with Gasteiger partial charge in [-0.3, -0.25) is 0 Å². The van der Waals surface area contributed by atoms with E-state index in [-0.39, 0.29) is 10.8 Å². The normalized spacial score (nSPS) is 19.5. The molecule has 1 aliphatic carbocycles. The van der Waals surface area contributed by atoms with Gasteiger partial charge in [0.1, 0.15) is 5.15 Å². The van der Waals surface area contributed by atoms with E-state index < -0.39 is 0 Å². The fraction of sp³-hybridized carbons (Fsp3) is 0.421. The van der Waals surface area contributed by atoms with E-state index >= 15 is 0 Å². The first-order valence-electron chi connectivity index (χ1n) is 7.81. The van der Waals surface area contributed by atoms with Crippen molar-refractivity contribution in [2.75, 3.05) is 0 Å². The summed E-state index contributed by atoms with van der Waals surface area (Å²) in [6.07, 6.45) is 4.29. The van der Waals surface area contributed by atoms with Gasteiger partial charge in [0.15, 0.2) is 0 Å². The highest BCUT2D eigenvalue weighted by molar-refractivity contribution is 7.26. The lowest BCUT2D eigenvalue weighted by molar-refractivity contribution is 0.332. The minimum Gasteiger partial charge on any atom is -0.243 e. The number of halogens is 1. The van der Waals surface area contributed by atoms with Crippen LogP contribution in [-0.4, -0.2) is 4.98 Å². The number of hydrogen-bond donors (Lipinski definition) is 0. The Bertz CT molecular complexity index is 905. The predicted molar refractivity (Wildman–Crippen MR) is 97.4 cm³/mol. The zero-order valence-electron chi connectivity index (χ0n) is 13.5. The lowest BCUT2D eigenvalue weighted by Gasteiger charge is -2.41. The zero-order chi connectivity index (χ0) is 15.7. The second kappa shape index (κ2) is 4.46. The number of rotatable bonds is 0. The van der Waals surface area contributed by atoms with Crippen molar-refractivity contribution in [2.45, 2.75) is 51.4 Å². The molecule has 0 bridgehead atoms. The summed E-state index contributed by atoms with van der Waals surface area (Å²) in [5.74, 6) is 0. The van der Waals surface area contributed by atoms with Crippen LogP contribution in [-0.2, 0) is 10.8 Å². The fourth-order valence-corrected chi connectivity index (χ4v) is 5.11. The van der Waals surface area contributed by atoms with Crippen LogP contribution in [0.2, 0.25) is 5.15 Å². The molecule has 0 fully saturated rings. The topological polar surface area (TPSA) is 12.9 Å². The molecule has 0 aliphatic heterocycles. The second-order valence-electron chi connectivity index (χ2n) is 7.74. The van der Waals surface area contributed by atoms with E-state index in [2.05, 4.69) is 50.9 Å². The van der Waals surface area contributed by atoms with E-state index in [9.17, 15) is 0 Å². The van der Waals surface area contributed by atoms with E-state index in [1.807, 2.05) is 6.20 Å². The average Bonchev–Trinajstić information content (AvgIpc) is 2.83. The molecule has 1 aliphatic rings. The van der Waals surface area contributed by atoms with Crippen molar-refractivity contribution in [3.05, 3.63) is 40.7 Å². The molecule has 1 nitrogen and oxygen atoms in total. The van der Waals surface area contributed by atoms with Gasteiger partial charge in [-0.2, -0.15) is 0 Å². The van der Waals surface area contributed by atoms with E-state index in [1.54, 1.807) is 11.3 Å². The number of nitrogens with zero attached hydrogens (tertiary/aromatic N) is 1. The summed E-state index contributed by atoms with van der Waals surface area (Å²) in [7, 11) is 0. The molecule has 0 unspecified atom stereocenters. The van der Waals surface area contributed by atoms with Crippen LogP contribution in [0.4, 0.5) is 0 Å². The smallest absolute Gasteiger partial charge is 0.146 e. The molecule has 0 N–H and O–H groups in total. The van der Waals surface area contributed by atoms with Gasteiger partial charge >= 0.3 is 0 Å². The number of aromatic nitrogens is 1. The molecule has 4 rings (SSSR count). The summed E-state index contributed by atoms with van der Waals surface area (Å²) < 4.78 is 2.44. The third-order valence-electron chi connectivity index (χ3n) is 5.32. The third-order valence-corrected chi connectivity index (χ3v) is 6.89. The Labute approximate surface area is 140 Å². The first kappa shape index (κ1) is 14.5. The van der Waals surface area contributed by atoms with E-state index in [0.717, 1.165) is 4.70 Å². The Morgan fingerprint density at radius 1 is 1.00 bits per heavy atom. The van der Waals surface area contributed by atoms with Gasteiger partial charge in [-0.25, -0.2) is 4.98 Å². The van der Waals surface area contributed by atoms with Crippen molar-refractivity contribution in [1.29, 1.82) is 0 Å². The fourth-order valence-electron chi connectivity index (χ4n) is 3.73. The molecule has 0 saturated carbocycles. The van der Waals surface area contributed by atoms with Gasteiger partial charge in [0.25, 0.3) is 0 Å². The van der Waals surface area contributed by atoms with E-state index in [1.165, 1.54) is 39.4 Å². The van der Waals surface area contributed by atoms with Crippen molar-refractivity contribution < 1.29 is 0 Å². The van der Waals surface area contributed by atoms with Crippen molar-refractivity contribution in [2.24, 2.45) is 0 Å². The van der Waals surface area contributed by atoms with Crippen molar-refractivity contribution in [1.82, 2.24) is 4.98 Å². The minimum atomic E-state index is 0.240. The number of fused-ring (bicyclic) bond motifs is 4. The van der Waals surface area contributed by atoms with Gasteiger partial charge in [-0.1, -0.05) is 39.3 Å². The van der Waals surface area contributed by atoms with Gasteiger partial charge in [-0.05, 0) is 53.0 Å². The molecule has 0 atom stereocenters. The summed E-state index contributed by atoms with van der Waals surface area (Å²) in [5, 5.41) is 3.19. The minimum absolute atomic E-state index is 0.240. The largest absolute Gasteiger partial charge is 0.243 e. The van der Waals surface area contributed by atoms with Gasteiger partial charge in [0, 0.05) is 21.7 Å². The molecule has 2 aromatic heterocycles. The Balaban J connectivity index is 2.14. The SMILES string of the molecule is CC1(C)CCC(C)(C)c2cc3c(cc21)sc1c(Cl)nccc13. The van der Waals surface area contributed by atoms with Gasteiger partial charge in [0.2, 0.25) is 0 Å². The molecule has 114 valence electrons. The van der Waals surface area contributed by atoms with Crippen molar-refractivity contribution in [3.63, 3.8) is 0 Å². The molecular formula is C19H20ClNS. The number of hydrogen-bond acceptors (Lipinski definition) is 2. The van der Waals surface area contributed by atoms with Crippen LogP contribution < -0.4 is 0 Å². The Morgan fingerprint density at radius 3 is 2.32 bits per heavy atom. The first-order chi connectivity index (χ1) is 10.3. The molecule has 0 radical (unpaired) electrons. The summed E-state index contributed by atoms with van der Waals surface area (Å²) in [6, 6.07) is 6.92. The third kappa shape index (κ3) is 1.93. The highest BCUT2D eigenvalue weighted by Crippen LogP contribution is 2.49. The first-order valence-corrected chi connectivity index (χ1v) is 9.01. The Hall–Kier alpha value is -1.12. The summed E-state index contributed by atoms with van der Waals surface area (Å²) in [6.45, 7) is 9.48. The molecular weight excluding hydrogens is 310 g/mol. The predicted octanol–water partition coefficient (Wildman–Crippen LogP) is 6.45. The molecule has 0 saturated heterocycles. The van der Waals surface area contributed by atoms with Gasteiger partial charge in [0.05, 0.1) is 4.70 Å². The van der Waals surface area contributed by atoms with E-state index in [4.69, 9.17) is 11.6 Å². The lowest BCUT2D eigenvalue weighted by atomic mass is 9.63. The number of benzene rings is 1. The van der Waals surface area contributed by atoms with E-state index in [0.29, 0.717) is 5.15 Å². The van der Waals surface area contributed by atoms with Crippen LogP contribution in [0.1, 0.15) is 51.7 Å². The van der Waals surface area contributed by atoms with Crippen molar-refractivity contribution in [3.8, 4) is 0 Å². The monoisotopic (exact) mass is 329 g/mol. The maximum atomic E-state index is 6.30. The molecule has 2 heterocycles. The van der Waals surface area contributed by atoms with Crippen LogP contribution in [0.3, 0.4) is 0 Å². The maximum Gasteiger partial charge on any atom is 0.146 e. The van der Waals surface area contributed by atoms with Crippen molar-refractivity contribution >= 4 is 43.1 Å². The highest BCUT2D eigenvalue weighted by Gasteiger charge is 2.37. The highest BCUT2D eigenvalue weighted by atomic mass is 35.5. The second-order valence-corrected chi connectivity index (χ2v) is 9.15. The lowest BCUT2D eigenvalue weighted by Crippen LogP contribution is -2.33. The van der Waals surface area contributed by atoms with Crippen LogP contribution >= 0.6 is 22.9 Å². The standard InChI is InChI=1S/C19H20ClNS/c1-18(2)6-7-19(3,4)14-10-15-12(9-13(14)18)11-5-8-21-17(20)16(11)22-15/h5,8-10H,6-7H2,1-4H3. The maximum absolute atomic E-state index is 6.30. The molecule has 1 aromatic carbocycles. The van der Waals surface area contributed by atoms with Crippen LogP contribution in [0.25, 0.3) is 20.2 Å². The molecule has 22 heavy (non-hydrogen) atoms. The summed E-state index contributed by atoms with van der Waals surface area (Å²) >= 11 is 8.07. The summed E-state index contributed by atoms with van der Waals surface area (Å²) in [5.41, 5.74) is 3.50. The van der Waals surface area contributed by atoms with Gasteiger partial charge in [-0.15, -0.1) is 11.3 Å². The Morgan fingerprint density at radius 2 is 1.64 bits per heavy atom. The average molecular weight is 330 g/mol. The molecule has 0 spiro atoms. The number of thiophene rings is 1. The zero-order valence-corrected chi connectivity index (χ0v) is 15.0. The summed E-state index contributed by atoms with van der Waals surface area (Å²) in [4.78, 5) is 4.23. The van der Waals surface area contributed by atoms with Gasteiger partial charge < -0.3 is 0 Å². The van der Waals surface area contributed by atoms with Crippen LogP contribution in [0.15, 0.2) is 24.4 Å². The van der Waals surface area contributed by atoms with Crippen LogP contribution in [0, 0.1) is 0 Å².